The summed E-state index contributed by atoms with van der Waals surface area (Å²) in [6.07, 6.45) is 0.671. The minimum Gasteiger partial charge on any atom is -0.492 e. The molecule has 2 heterocycles. The van der Waals surface area contributed by atoms with Crippen LogP contribution in [-0.4, -0.2) is 51.5 Å². The lowest BCUT2D eigenvalue weighted by molar-refractivity contribution is 0.0730. The Morgan fingerprint density at radius 2 is 1.93 bits per heavy atom. The Morgan fingerprint density at radius 3 is 2.57 bits per heavy atom. The van der Waals surface area contributed by atoms with Crippen LogP contribution in [0.5, 0.6) is 5.75 Å². The Kier molecular flexibility index (Phi) is 6.38. The maximum Gasteiger partial charge on any atom is 0.291 e. The van der Waals surface area contributed by atoms with Gasteiger partial charge in [-0.15, -0.1) is 0 Å². The van der Waals surface area contributed by atoms with Gasteiger partial charge in [0, 0.05) is 19.5 Å². The van der Waals surface area contributed by atoms with Crippen molar-refractivity contribution in [1.82, 2.24) is 4.31 Å². The van der Waals surface area contributed by atoms with Crippen molar-refractivity contribution in [2.75, 3.05) is 38.2 Å². The molecular weight excluding hydrogens is 384 g/mol. The summed E-state index contributed by atoms with van der Waals surface area (Å²) in [7, 11) is -3.69. The van der Waals surface area contributed by atoms with E-state index in [-0.39, 0.29) is 16.3 Å². The molecule has 3 rings (SSSR count). The summed E-state index contributed by atoms with van der Waals surface area (Å²) in [5.41, 5.74) is 0.274. The quantitative estimate of drug-likeness (QED) is 0.756. The molecule has 1 aliphatic heterocycles. The van der Waals surface area contributed by atoms with E-state index >= 15 is 0 Å². The molecule has 1 amide bonds. The van der Waals surface area contributed by atoms with Crippen molar-refractivity contribution in [2.45, 2.75) is 25.2 Å². The normalized spacial score (nSPS) is 15.4. The lowest BCUT2D eigenvalue weighted by atomic mass is 10.2. The Labute approximate surface area is 164 Å². The largest absolute Gasteiger partial charge is 0.492 e. The molecule has 1 aromatic carbocycles. The first-order chi connectivity index (χ1) is 13.5. The molecule has 0 radical (unpaired) electrons. The maximum absolute atomic E-state index is 12.9. The molecule has 9 heteroatoms. The number of anilines is 1. The molecule has 0 saturated carbocycles. The van der Waals surface area contributed by atoms with Gasteiger partial charge >= 0.3 is 0 Å². The maximum atomic E-state index is 12.9. The third kappa shape index (κ3) is 4.37. The van der Waals surface area contributed by atoms with Gasteiger partial charge in [0.05, 0.1) is 30.4 Å². The number of nitrogens with one attached hydrogen (secondary N) is 1. The van der Waals surface area contributed by atoms with Crippen LogP contribution in [0.2, 0.25) is 0 Å². The molecule has 152 valence electrons. The number of ether oxygens (including phenoxy) is 2. The van der Waals surface area contributed by atoms with E-state index in [1.54, 1.807) is 18.2 Å². The fraction of sp³-hybridized carbons (Fsp3) is 0.421. The average Bonchev–Trinajstić information content (AvgIpc) is 3.19. The van der Waals surface area contributed by atoms with Crippen LogP contribution in [0.3, 0.4) is 0 Å². The monoisotopic (exact) mass is 408 g/mol. The summed E-state index contributed by atoms with van der Waals surface area (Å²) in [5, 5.41) is 2.70. The number of morpholine rings is 1. The fourth-order valence-corrected chi connectivity index (χ4v) is 4.29. The zero-order chi connectivity index (χ0) is 20.1. The summed E-state index contributed by atoms with van der Waals surface area (Å²) in [6.45, 7) is 5.42. The minimum absolute atomic E-state index is 0.0850. The summed E-state index contributed by atoms with van der Waals surface area (Å²) in [5.74, 6) is 0.764. The van der Waals surface area contributed by atoms with Crippen LogP contribution >= 0.6 is 0 Å². The van der Waals surface area contributed by atoms with Crippen molar-refractivity contribution in [1.29, 1.82) is 0 Å². The molecule has 28 heavy (non-hydrogen) atoms. The molecule has 0 atom stereocenters. The minimum atomic E-state index is -3.69. The lowest BCUT2D eigenvalue weighted by Gasteiger charge is -2.26. The number of aryl methyl sites for hydroxylation is 1. The number of amides is 1. The molecule has 0 spiro atoms. The second-order valence-electron chi connectivity index (χ2n) is 6.18. The standard InChI is InChI=1S/C19H24N2O6S/c1-3-14-5-7-18(27-14)19(22)20-16-13-15(6-8-17(16)26-4-2)28(23,24)21-9-11-25-12-10-21/h5-8,13H,3-4,9-12H2,1-2H3,(H,20,22). The van der Waals surface area contributed by atoms with E-state index in [2.05, 4.69) is 5.32 Å². The zero-order valence-electron chi connectivity index (χ0n) is 15.9. The molecular formula is C19H24N2O6S. The van der Waals surface area contributed by atoms with Gasteiger partial charge in [-0.1, -0.05) is 6.92 Å². The summed E-state index contributed by atoms with van der Waals surface area (Å²) < 4.78 is 43.4. The van der Waals surface area contributed by atoms with E-state index in [1.807, 2.05) is 13.8 Å². The SMILES string of the molecule is CCOc1ccc(S(=O)(=O)N2CCOCC2)cc1NC(=O)c1ccc(CC)o1. The van der Waals surface area contributed by atoms with Crippen LogP contribution in [0, 0.1) is 0 Å². The first-order valence-corrected chi connectivity index (χ1v) is 10.6. The van der Waals surface area contributed by atoms with Crippen LogP contribution in [0.1, 0.15) is 30.2 Å². The van der Waals surface area contributed by atoms with Gasteiger partial charge < -0.3 is 19.2 Å². The molecule has 1 aromatic heterocycles. The average molecular weight is 408 g/mol. The van der Waals surface area contributed by atoms with Crippen molar-refractivity contribution < 1.29 is 27.1 Å². The topological polar surface area (TPSA) is 98.1 Å². The highest BCUT2D eigenvalue weighted by molar-refractivity contribution is 7.89. The van der Waals surface area contributed by atoms with Gasteiger partial charge in [-0.05, 0) is 37.3 Å². The highest BCUT2D eigenvalue weighted by Gasteiger charge is 2.27. The van der Waals surface area contributed by atoms with Crippen LogP contribution in [0.15, 0.2) is 39.6 Å². The zero-order valence-corrected chi connectivity index (χ0v) is 16.8. The van der Waals surface area contributed by atoms with Gasteiger partial charge in [0.1, 0.15) is 11.5 Å². The fourth-order valence-electron chi connectivity index (χ4n) is 2.86. The van der Waals surface area contributed by atoms with Crippen molar-refractivity contribution in [3.05, 3.63) is 41.9 Å². The van der Waals surface area contributed by atoms with E-state index < -0.39 is 15.9 Å². The second-order valence-corrected chi connectivity index (χ2v) is 8.12. The molecule has 8 nitrogen and oxygen atoms in total. The van der Waals surface area contributed by atoms with E-state index in [4.69, 9.17) is 13.9 Å². The van der Waals surface area contributed by atoms with Crippen molar-refractivity contribution >= 4 is 21.6 Å². The molecule has 1 saturated heterocycles. The third-order valence-corrected chi connectivity index (χ3v) is 6.24. The number of carbonyl (C=O) groups excluding carboxylic acids is 1. The van der Waals surface area contributed by atoms with Crippen molar-refractivity contribution in [3.63, 3.8) is 0 Å². The summed E-state index contributed by atoms with van der Waals surface area (Å²) in [6, 6.07) is 7.76. The smallest absolute Gasteiger partial charge is 0.291 e. The van der Waals surface area contributed by atoms with Gasteiger partial charge in [-0.25, -0.2) is 8.42 Å². The highest BCUT2D eigenvalue weighted by atomic mass is 32.2. The van der Waals surface area contributed by atoms with Crippen LogP contribution in [0.25, 0.3) is 0 Å². The van der Waals surface area contributed by atoms with Crippen LogP contribution < -0.4 is 10.1 Å². The summed E-state index contributed by atoms with van der Waals surface area (Å²) >= 11 is 0. The molecule has 1 fully saturated rings. The van der Waals surface area contributed by atoms with Gasteiger partial charge in [0.15, 0.2) is 5.76 Å². The molecule has 1 N–H and O–H groups in total. The number of rotatable bonds is 7. The van der Waals surface area contributed by atoms with Crippen LogP contribution in [0.4, 0.5) is 5.69 Å². The first-order valence-electron chi connectivity index (χ1n) is 9.20. The van der Waals surface area contributed by atoms with Crippen molar-refractivity contribution in [3.8, 4) is 5.75 Å². The Balaban J connectivity index is 1.89. The first kappa shape index (κ1) is 20.4. The van der Waals surface area contributed by atoms with E-state index in [1.165, 1.54) is 16.4 Å². The van der Waals surface area contributed by atoms with Gasteiger partial charge in [0.2, 0.25) is 10.0 Å². The predicted octanol–water partition coefficient (Wildman–Crippen LogP) is 2.51. The summed E-state index contributed by atoms with van der Waals surface area (Å²) in [4.78, 5) is 12.6. The Hall–Kier alpha value is -2.36. The third-order valence-electron chi connectivity index (χ3n) is 4.34. The Bertz CT molecular complexity index is 932. The lowest BCUT2D eigenvalue weighted by Crippen LogP contribution is -2.40. The van der Waals surface area contributed by atoms with E-state index in [9.17, 15) is 13.2 Å². The number of carbonyl (C=O) groups is 1. The highest BCUT2D eigenvalue weighted by Crippen LogP contribution is 2.30. The van der Waals surface area contributed by atoms with Gasteiger partial charge in [-0.3, -0.25) is 4.79 Å². The number of furan rings is 1. The molecule has 0 bridgehead atoms. The second kappa shape index (κ2) is 8.76. The molecule has 0 aliphatic carbocycles. The van der Waals surface area contributed by atoms with Gasteiger partial charge in [-0.2, -0.15) is 4.31 Å². The van der Waals surface area contributed by atoms with Crippen LogP contribution in [-0.2, 0) is 21.2 Å². The number of nitrogens with zero attached hydrogens (tertiary/aromatic N) is 1. The van der Waals surface area contributed by atoms with E-state index in [0.717, 1.165) is 0 Å². The van der Waals surface area contributed by atoms with Crippen molar-refractivity contribution in [2.24, 2.45) is 0 Å². The van der Waals surface area contributed by atoms with Gasteiger partial charge in [0.25, 0.3) is 5.91 Å². The number of sulfonamides is 1. The Morgan fingerprint density at radius 1 is 1.18 bits per heavy atom. The molecule has 2 aromatic rings. The molecule has 1 aliphatic rings. The molecule has 0 unspecified atom stereocenters. The predicted molar refractivity (Wildman–Crippen MR) is 103 cm³/mol. The number of benzene rings is 1. The number of hydrogen-bond acceptors (Lipinski definition) is 6. The number of hydrogen-bond donors (Lipinski definition) is 1. The van der Waals surface area contributed by atoms with E-state index in [0.29, 0.717) is 50.8 Å².